The molecule has 0 aromatic heterocycles. The van der Waals surface area contributed by atoms with Gasteiger partial charge in [-0.1, -0.05) is 31.2 Å². The predicted molar refractivity (Wildman–Crippen MR) is 73.6 cm³/mol. The van der Waals surface area contributed by atoms with Crippen molar-refractivity contribution in [1.29, 1.82) is 0 Å². The minimum atomic E-state index is -0.832. The van der Waals surface area contributed by atoms with E-state index in [0.717, 1.165) is 12.0 Å². The van der Waals surface area contributed by atoms with E-state index in [9.17, 15) is 14.4 Å². The summed E-state index contributed by atoms with van der Waals surface area (Å²) >= 11 is 0. The molecule has 4 heteroatoms. The topological polar surface area (TPSA) is 71.4 Å². The minimum Gasteiger partial charge on any atom is -0.481 e. The van der Waals surface area contributed by atoms with Crippen LogP contribution >= 0.6 is 0 Å². The Morgan fingerprint density at radius 2 is 1.95 bits per heavy atom. The van der Waals surface area contributed by atoms with Gasteiger partial charge in [0.2, 0.25) is 0 Å². The number of carboxylic acid groups (broad SMARTS) is 1. The summed E-state index contributed by atoms with van der Waals surface area (Å²) in [6, 6.07) is 6.92. The lowest BCUT2D eigenvalue weighted by atomic mass is 9.93. The third-order valence-electron chi connectivity index (χ3n) is 3.82. The summed E-state index contributed by atoms with van der Waals surface area (Å²) < 4.78 is 0. The van der Waals surface area contributed by atoms with Crippen LogP contribution in [0.2, 0.25) is 0 Å². The van der Waals surface area contributed by atoms with Crippen molar-refractivity contribution >= 4 is 17.5 Å². The van der Waals surface area contributed by atoms with Crippen LogP contribution in [0.25, 0.3) is 0 Å². The Morgan fingerprint density at radius 1 is 1.30 bits per heavy atom. The maximum atomic E-state index is 12.2. The van der Waals surface area contributed by atoms with Gasteiger partial charge in [0.15, 0.2) is 5.78 Å². The van der Waals surface area contributed by atoms with E-state index < -0.39 is 17.8 Å². The van der Waals surface area contributed by atoms with Crippen molar-refractivity contribution in [1.82, 2.24) is 0 Å². The Labute approximate surface area is 117 Å². The summed E-state index contributed by atoms with van der Waals surface area (Å²) in [5, 5.41) is 8.87. The zero-order valence-electron chi connectivity index (χ0n) is 11.5. The number of hydrogen-bond donors (Lipinski definition) is 1. The van der Waals surface area contributed by atoms with Gasteiger partial charge in [0.05, 0.1) is 11.8 Å². The van der Waals surface area contributed by atoms with Crippen LogP contribution in [0, 0.1) is 11.8 Å². The fraction of sp³-hybridized carbons (Fsp3) is 0.438. The smallest absolute Gasteiger partial charge is 0.306 e. The molecule has 1 fully saturated rings. The standard InChI is InChI=1S/C16H18O4/c1-10(16(19)20)9-11-5-7-12(8-6-11)15(18)13-3-2-4-14(13)17/h5-8,10,13H,2-4,9H2,1H3,(H,19,20). The second-order valence-electron chi connectivity index (χ2n) is 5.42. The molecule has 0 radical (unpaired) electrons. The molecule has 1 aliphatic rings. The quantitative estimate of drug-likeness (QED) is 0.661. The molecule has 2 unspecified atom stereocenters. The lowest BCUT2D eigenvalue weighted by molar-refractivity contribution is -0.141. The van der Waals surface area contributed by atoms with Gasteiger partial charge >= 0.3 is 5.97 Å². The van der Waals surface area contributed by atoms with E-state index in [0.29, 0.717) is 24.8 Å². The molecular formula is C16H18O4. The van der Waals surface area contributed by atoms with Crippen molar-refractivity contribution in [2.75, 3.05) is 0 Å². The lowest BCUT2D eigenvalue weighted by Crippen LogP contribution is -2.18. The summed E-state index contributed by atoms with van der Waals surface area (Å²) in [6.45, 7) is 1.65. The minimum absolute atomic E-state index is 0.0403. The van der Waals surface area contributed by atoms with Crippen molar-refractivity contribution in [2.45, 2.75) is 32.6 Å². The van der Waals surface area contributed by atoms with Gasteiger partial charge < -0.3 is 5.11 Å². The van der Waals surface area contributed by atoms with Crippen LogP contribution in [-0.4, -0.2) is 22.6 Å². The number of benzene rings is 1. The molecule has 0 amide bonds. The SMILES string of the molecule is CC(Cc1ccc(C(=O)C2CCCC2=O)cc1)C(=O)O. The molecule has 0 aliphatic heterocycles. The summed E-state index contributed by atoms with van der Waals surface area (Å²) in [5.74, 6) is -1.82. The second-order valence-corrected chi connectivity index (χ2v) is 5.42. The molecule has 0 saturated heterocycles. The molecule has 2 rings (SSSR count). The van der Waals surface area contributed by atoms with E-state index in [2.05, 4.69) is 0 Å². The van der Waals surface area contributed by atoms with E-state index in [4.69, 9.17) is 5.11 Å². The number of aliphatic carboxylic acids is 1. The average Bonchev–Trinajstić information content (AvgIpc) is 2.85. The first-order valence-electron chi connectivity index (χ1n) is 6.87. The lowest BCUT2D eigenvalue weighted by Gasteiger charge is -2.09. The molecule has 1 aliphatic carbocycles. The second kappa shape index (κ2) is 5.99. The van der Waals surface area contributed by atoms with E-state index in [1.165, 1.54) is 0 Å². The largest absolute Gasteiger partial charge is 0.481 e. The van der Waals surface area contributed by atoms with Crippen molar-refractivity contribution in [3.05, 3.63) is 35.4 Å². The van der Waals surface area contributed by atoms with Gasteiger partial charge in [-0.3, -0.25) is 14.4 Å². The number of hydrogen-bond acceptors (Lipinski definition) is 3. The third kappa shape index (κ3) is 3.13. The first-order valence-corrected chi connectivity index (χ1v) is 6.87. The average molecular weight is 274 g/mol. The van der Waals surface area contributed by atoms with Gasteiger partial charge in [-0.25, -0.2) is 0 Å². The Hall–Kier alpha value is -1.97. The van der Waals surface area contributed by atoms with Crippen molar-refractivity contribution in [2.24, 2.45) is 11.8 Å². The highest BCUT2D eigenvalue weighted by Gasteiger charge is 2.31. The van der Waals surface area contributed by atoms with Crippen molar-refractivity contribution < 1.29 is 19.5 Å². The van der Waals surface area contributed by atoms with Crippen LogP contribution in [0.1, 0.15) is 42.1 Å². The van der Waals surface area contributed by atoms with Crippen LogP contribution in [-0.2, 0) is 16.0 Å². The summed E-state index contributed by atoms with van der Waals surface area (Å²) in [5.41, 5.74) is 1.42. The third-order valence-corrected chi connectivity index (χ3v) is 3.82. The maximum absolute atomic E-state index is 12.2. The fourth-order valence-corrected chi connectivity index (χ4v) is 2.54. The highest BCUT2D eigenvalue weighted by Crippen LogP contribution is 2.25. The molecule has 20 heavy (non-hydrogen) atoms. The van der Waals surface area contributed by atoms with E-state index in [1.807, 2.05) is 0 Å². The van der Waals surface area contributed by atoms with Crippen molar-refractivity contribution in [3.8, 4) is 0 Å². The van der Waals surface area contributed by atoms with Crippen LogP contribution in [0.3, 0.4) is 0 Å². The molecule has 1 aromatic rings. The van der Waals surface area contributed by atoms with Crippen molar-refractivity contribution in [3.63, 3.8) is 0 Å². The fourth-order valence-electron chi connectivity index (χ4n) is 2.54. The zero-order chi connectivity index (χ0) is 14.7. The van der Waals surface area contributed by atoms with Gasteiger partial charge in [-0.05, 0) is 24.8 Å². The number of carboxylic acids is 1. The number of Topliss-reactive ketones (excluding diaryl/α,β-unsaturated/α-hetero) is 2. The van der Waals surface area contributed by atoms with Crippen LogP contribution in [0.5, 0.6) is 0 Å². The Morgan fingerprint density at radius 3 is 2.45 bits per heavy atom. The van der Waals surface area contributed by atoms with Gasteiger partial charge in [-0.15, -0.1) is 0 Å². The van der Waals surface area contributed by atoms with Crippen LogP contribution in [0.4, 0.5) is 0 Å². The molecule has 4 nitrogen and oxygen atoms in total. The van der Waals surface area contributed by atoms with Crippen LogP contribution in [0.15, 0.2) is 24.3 Å². The van der Waals surface area contributed by atoms with E-state index in [1.54, 1.807) is 31.2 Å². The van der Waals surface area contributed by atoms with Crippen LogP contribution < -0.4 is 0 Å². The predicted octanol–water partition coefficient (Wildman–Crippen LogP) is 2.50. The molecule has 106 valence electrons. The number of carbonyl (C=O) groups excluding carboxylic acids is 2. The molecule has 0 bridgehead atoms. The highest BCUT2D eigenvalue weighted by molar-refractivity contribution is 6.11. The highest BCUT2D eigenvalue weighted by atomic mass is 16.4. The first kappa shape index (κ1) is 14.4. The zero-order valence-corrected chi connectivity index (χ0v) is 11.5. The summed E-state index contributed by atoms with van der Waals surface area (Å²) in [7, 11) is 0. The van der Waals surface area contributed by atoms with E-state index in [-0.39, 0.29) is 11.6 Å². The van der Waals surface area contributed by atoms with Gasteiger partial charge in [-0.2, -0.15) is 0 Å². The molecule has 2 atom stereocenters. The Balaban J connectivity index is 2.06. The number of carbonyl (C=O) groups is 3. The van der Waals surface area contributed by atoms with Gasteiger partial charge in [0.25, 0.3) is 0 Å². The molecule has 1 N–H and O–H groups in total. The summed E-state index contributed by atoms with van der Waals surface area (Å²) in [4.78, 5) is 34.6. The Bertz CT molecular complexity index is 530. The van der Waals surface area contributed by atoms with Gasteiger partial charge in [0, 0.05) is 12.0 Å². The Kier molecular flexibility index (Phi) is 4.32. The van der Waals surface area contributed by atoms with E-state index >= 15 is 0 Å². The first-order chi connectivity index (χ1) is 9.49. The maximum Gasteiger partial charge on any atom is 0.306 e. The monoisotopic (exact) mass is 274 g/mol. The molecule has 1 aromatic carbocycles. The molecule has 1 saturated carbocycles. The molecule has 0 heterocycles. The molecule has 0 spiro atoms. The summed E-state index contributed by atoms with van der Waals surface area (Å²) in [6.07, 6.45) is 2.38. The normalized spacial score (nSPS) is 19.9. The molecular weight excluding hydrogens is 256 g/mol. The number of rotatable bonds is 5. The van der Waals surface area contributed by atoms with Gasteiger partial charge in [0.1, 0.15) is 5.78 Å². The number of ketones is 2.